The zero-order chi connectivity index (χ0) is 23.4. The summed E-state index contributed by atoms with van der Waals surface area (Å²) in [5.41, 5.74) is 2.39. The van der Waals surface area contributed by atoms with Crippen LogP contribution < -0.4 is 5.56 Å². The first-order chi connectivity index (χ1) is 14.9. The maximum Gasteiger partial charge on any atom is 0.336 e. The summed E-state index contributed by atoms with van der Waals surface area (Å²) in [6, 6.07) is 3.38. The van der Waals surface area contributed by atoms with Crippen molar-refractivity contribution in [2.24, 2.45) is 0 Å². The number of nitrogens with zero attached hydrogens (tertiary/aromatic N) is 2. The second-order valence-electron chi connectivity index (χ2n) is 10.6. The summed E-state index contributed by atoms with van der Waals surface area (Å²) in [7, 11) is -1.80. The predicted molar refractivity (Wildman–Crippen MR) is 128 cm³/mol. The molecule has 7 nitrogen and oxygen atoms in total. The number of nitrogens with one attached hydrogen (secondary N) is 1. The van der Waals surface area contributed by atoms with Crippen LogP contribution in [0.3, 0.4) is 0 Å². The normalized spacial score (nSPS) is 20.2. The molecule has 0 spiro atoms. The number of benzene rings is 1. The van der Waals surface area contributed by atoms with Gasteiger partial charge in [0.1, 0.15) is 11.3 Å². The Morgan fingerprint density at radius 1 is 1.19 bits per heavy atom. The molecule has 0 saturated heterocycles. The number of rotatable bonds is 4. The lowest BCUT2D eigenvalue weighted by atomic mass is 9.87. The molecule has 32 heavy (non-hydrogen) atoms. The maximum atomic E-state index is 12.7. The van der Waals surface area contributed by atoms with E-state index < -0.39 is 14.3 Å². The highest BCUT2D eigenvalue weighted by Gasteiger charge is 2.40. The van der Waals surface area contributed by atoms with E-state index in [0.29, 0.717) is 16.6 Å². The largest absolute Gasteiger partial charge is 0.478 e. The lowest BCUT2D eigenvalue weighted by Gasteiger charge is -2.41. The van der Waals surface area contributed by atoms with E-state index in [1.54, 1.807) is 19.2 Å². The average Bonchev–Trinajstić information content (AvgIpc) is 3.13. The van der Waals surface area contributed by atoms with Crippen LogP contribution in [0.4, 0.5) is 0 Å². The molecule has 1 aliphatic rings. The summed E-state index contributed by atoms with van der Waals surface area (Å²) >= 11 is 0. The van der Waals surface area contributed by atoms with Crippen LogP contribution in [0.5, 0.6) is 0 Å². The summed E-state index contributed by atoms with van der Waals surface area (Å²) in [5.74, 6) is 0.113. The van der Waals surface area contributed by atoms with Gasteiger partial charge in [-0.2, -0.15) is 0 Å². The summed E-state index contributed by atoms with van der Waals surface area (Å²) < 4.78 is 8.56. The molecular formula is C24H33N3O4Si. The van der Waals surface area contributed by atoms with Crippen LogP contribution in [0.15, 0.2) is 23.1 Å². The van der Waals surface area contributed by atoms with E-state index in [-0.39, 0.29) is 28.2 Å². The zero-order valence-corrected chi connectivity index (χ0v) is 20.8. The van der Waals surface area contributed by atoms with Crippen molar-refractivity contribution in [3.8, 4) is 0 Å². The highest BCUT2D eigenvalue weighted by molar-refractivity contribution is 6.74. The smallest absolute Gasteiger partial charge is 0.336 e. The number of H-pyrrole nitrogens is 1. The van der Waals surface area contributed by atoms with Crippen LogP contribution in [0.2, 0.25) is 18.1 Å². The zero-order valence-electron chi connectivity index (χ0n) is 19.8. The van der Waals surface area contributed by atoms with Crippen LogP contribution in [0, 0.1) is 6.92 Å². The summed E-state index contributed by atoms with van der Waals surface area (Å²) in [6.45, 7) is 13.2. The molecule has 0 atom stereocenters. The van der Waals surface area contributed by atoms with E-state index in [2.05, 4.69) is 43.8 Å². The van der Waals surface area contributed by atoms with Crippen molar-refractivity contribution in [3.05, 3.63) is 45.6 Å². The Morgan fingerprint density at radius 2 is 1.84 bits per heavy atom. The Bertz CT molecular complexity index is 1240. The third-order valence-corrected chi connectivity index (χ3v) is 11.9. The van der Waals surface area contributed by atoms with Gasteiger partial charge < -0.3 is 14.5 Å². The van der Waals surface area contributed by atoms with E-state index in [0.717, 1.165) is 37.0 Å². The van der Waals surface area contributed by atoms with E-state index in [4.69, 9.17) is 4.43 Å². The number of fused-ring (bicyclic) bond motifs is 3. The lowest BCUT2D eigenvalue weighted by Crippen LogP contribution is -2.44. The Morgan fingerprint density at radius 3 is 2.44 bits per heavy atom. The third-order valence-electron chi connectivity index (χ3n) is 7.39. The van der Waals surface area contributed by atoms with Gasteiger partial charge in [0.25, 0.3) is 5.56 Å². The van der Waals surface area contributed by atoms with Crippen molar-refractivity contribution < 1.29 is 14.3 Å². The third kappa shape index (κ3) is 3.90. The van der Waals surface area contributed by atoms with Crippen molar-refractivity contribution in [1.29, 1.82) is 0 Å². The van der Waals surface area contributed by atoms with E-state index in [9.17, 15) is 14.7 Å². The van der Waals surface area contributed by atoms with Crippen LogP contribution in [0.25, 0.3) is 16.6 Å². The SMILES string of the molecule is Cc1cc2c(cc1C(=O)O)[nH]c(=O)c1cnc(C3CCC(O[Si](C)(C)C(C)(C)C)CC3)n12. The predicted octanol–water partition coefficient (Wildman–Crippen LogP) is 5.23. The number of hydrogen-bond donors (Lipinski definition) is 2. The van der Waals surface area contributed by atoms with Crippen molar-refractivity contribution in [2.45, 2.75) is 83.5 Å². The van der Waals surface area contributed by atoms with Gasteiger partial charge in [-0.15, -0.1) is 0 Å². The number of carbonyl (C=O) groups is 1. The molecule has 3 aromatic rings. The van der Waals surface area contributed by atoms with Gasteiger partial charge in [-0.3, -0.25) is 9.20 Å². The molecule has 4 rings (SSSR count). The van der Waals surface area contributed by atoms with Gasteiger partial charge >= 0.3 is 5.97 Å². The molecule has 1 aromatic carbocycles. The second-order valence-corrected chi connectivity index (χ2v) is 15.4. The fourth-order valence-corrected chi connectivity index (χ4v) is 5.92. The van der Waals surface area contributed by atoms with Gasteiger partial charge in [-0.25, -0.2) is 9.78 Å². The number of hydrogen-bond acceptors (Lipinski definition) is 4. The minimum absolute atomic E-state index is 0.190. The second kappa shape index (κ2) is 7.85. The van der Waals surface area contributed by atoms with Gasteiger partial charge in [0.2, 0.25) is 0 Å². The standard InChI is InChI=1S/C24H33N3O4Si/c1-14-11-19-18(12-17(14)23(29)30)26-22(28)20-13-25-21(27(19)20)15-7-9-16(10-8-15)31-32(5,6)24(2,3)4/h11-13,15-16H,7-10H2,1-6H3,(H,26,28)(H,29,30). The molecular weight excluding hydrogens is 422 g/mol. The fraction of sp³-hybridized carbons (Fsp3) is 0.542. The molecule has 1 aliphatic carbocycles. The summed E-state index contributed by atoms with van der Waals surface area (Å²) in [6.07, 6.45) is 5.79. The topological polar surface area (TPSA) is 96.7 Å². The number of imidazole rings is 1. The van der Waals surface area contributed by atoms with Gasteiger partial charge in [0.15, 0.2) is 8.32 Å². The Hall–Kier alpha value is -2.45. The minimum Gasteiger partial charge on any atom is -0.478 e. The average molecular weight is 456 g/mol. The Balaban J connectivity index is 1.67. The molecule has 0 bridgehead atoms. The van der Waals surface area contributed by atoms with Gasteiger partial charge in [-0.05, 0) is 68.4 Å². The molecule has 0 amide bonds. The molecule has 2 N–H and O–H groups in total. The van der Waals surface area contributed by atoms with Gasteiger partial charge in [0.05, 0.1) is 22.8 Å². The lowest BCUT2D eigenvalue weighted by molar-refractivity contribution is 0.0696. The number of carboxylic acid groups (broad SMARTS) is 1. The number of aromatic carboxylic acids is 1. The van der Waals surface area contributed by atoms with Crippen molar-refractivity contribution in [3.63, 3.8) is 0 Å². The van der Waals surface area contributed by atoms with Crippen LogP contribution in [-0.4, -0.2) is 39.9 Å². The minimum atomic E-state index is -1.80. The van der Waals surface area contributed by atoms with Gasteiger partial charge in [0, 0.05) is 12.0 Å². The molecule has 1 fully saturated rings. The quantitative estimate of drug-likeness (QED) is 0.525. The van der Waals surface area contributed by atoms with E-state index in [1.807, 2.05) is 10.5 Å². The van der Waals surface area contributed by atoms with Crippen LogP contribution in [-0.2, 0) is 4.43 Å². The van der Waals surface area contributed by atoms with Crippen molar-refractivity contribution in [2.75, 3.05) is 0 Å². The molecule has 0 aliphatic heterocycles. The number of carboxylic acids is 1. The first-order valence-corrected chi connectivity index (χ1v) is 14.2. The molecule has 0 radical (unpaired) electrons. The highest BCUT2D eigenvalue weighted by Crippen LogP contribution is 2.41. The molecule has 2 aromatic heterocycles. The molecule has 2 heterocycles. The first-order valence-electron chi connectivity index (χ1n) is 11.3. The summed E-state index contributed by atoms with van der Waals surface area (Å²) in [4.78, 5) is 31.7. The molecule has 8 heteroatoms. The number of aromatic amines is 1. The van der Waals surface area contributed by atoms with E-state index in [1.165, 1.54) is 0 Å². The van der Waals surface area contributed by atoms with Gasteiger partial charge in [-0.1, -0.05) is 20.8 Å². The van der Waals surface area contributed by atoms with Crippen LogP contribution >= 0.6 is 0 Å². The van der Waals surface area contributed by atoms with Crippen molar-refractivity contribution >= 4 is 30.8 Å². The fourth-order valence-electron chi connectivity index (χ4n) is 4.49. The Labute approximate surface area is 189 Å². The molecule has 1 saturated carbocycles. The Kier molecular flexibility index (Phi) is 5.57. The highest BCUT2D eigenvalue weighted by atomic mass is 28.4. The number of aromatic nitrogens is 3. The number of aryl methyl sites for hydroxylation is 1. The monoisotopic (exact) mass is 455 g/mol. The molecule has 172 valence electrons. The maximum absolute atomic E-state index is 12.7. The van der Waals surface area contributed by atoms with Crippen LogP contribution in [0.1, 0.15) is 74.1 Å². The van der Waals surface area contributed by atoms with Crippen molar-refractivity contribution in [1.82, 2.24) is 14.4 Å². The molecule has 0 unspecified atom stereocenters. The van der Waals surface area contributed by atoms with E-state index >= 15 is 0 Å². The first kappa shape index (κ1) is 22.7. The summed E-state index contributed by atoms with van der Waals surface area (Å²) in [5, 5.41) is 9.65.